The number of esters is 1. The summed E-state index contributed by atoms with van der Waals surface area (Å²) < 4.78 is 13.7. The number of fused-ring (bicyclic) bond motifs is 1. The highest BCUT2D eigenvalue weighted by molar-refractivity contribution is 5.72. The number of ether oxygens (including phenoxy) is 2. The van der Waals surface area contributed by atoms with Crippen molar-refractivity contribution in [3.63, 3.8) is 0 Å². The molecule has 7 heteroatoms. The van der Waals surface area contributed by atoms with E-state index in [0.29, 0.717) is 6.61 Å². The lowest BCUT2D eigenvalue weighted by Gasteiger charge is -2.16. The molecule has 3 unspecified atom stereocenters. The molecule has 0 amide bonds. The summed E-state index contributed by atoms with van der Waals surface area (Å²) >= 11 is 0. The highest BCUT2D eigenvalue weighted by atomic mass is 16.6. The van der Waals surface area contributed by atoms with Gasteiger partial charge in [0.1, 0.15) is 24.6 Å². The summed E-state index contributed by atoms with van der Waals surface area (Å²) in [6, 6.07) is 4.04. The first kappa shape index (κ1) is 28.1. The van der Waals surface area contributed by atoms with E-state index >= 15 is 0 Å². The zero-order valence-electron chi connectivity index (χ0n) is 22.0. The van der Waals surface area contributed by atoms with Gasteiger partial charge in [-0.25, -0.2) is 9.50 Å². The average Bonchev–Trinajstić information content (AvgIpc) is 3.52. The van der Waals surface area contributed by atoms with Crippen molar-refractivity contribution in [3.8, 4) is 0 Å². The molecule has 1 fully saturated rings. The van der Waals surface area contributed by atoms with Gasteiger partial charge in [0.15, 0.2) is 5.82 Å². The fraction of sp³-hybridized carbons (Fsp3) is 0.741. The molecule has 7 nitrogen and oxygen atoms in total. The van der Waals surface area contributed by atoms with Gasteiger partial charge in [0.05, 0.1) is 17.7 Å². The Morgan fingerprint density at radius 1 is 1.15 bits per heavy atom. The van der Waals surface area contributed by atoms with Gasteiger partial charge in [0.25, 0.3) is 0 Å². The summed E-state index contributed by atoms with van der Waals surface area (Å²) in [4.78, 5) is 16.6. The van der Waals surface area contributed by atoms with Crippen LogP contribution in [0.1, 0.15) is 110 Å². The van der Waals surface area contributed by atoms with Gasteiger partial charge in [0.2, 0.25) is 0 Å². The van der Waals surface area contributed by atoms with Crippen LogP contribution < -0.4 is 5.32 Å². The molecule has 1 N–H and O–H groups in total. The van der Waals surface area contributed by atoms with E-state index in [1.807, 2.05) is 44.5 Å². The molecule has 1 aliphatic rings. The number of nitrogens with one attached hydrogen (secondary N) is 1. The zero-order chi connectivity index (χ0) is 24.8. The summed E-state index contributed by atoms with van der Waals surface area (Å²) in [5.41, 5.74) is 1.94. The number of unbranched alkanes of at least 4 members (excludes halogenated alkanes) is 7. The van der Waals surface area contributed by atoms with Crippen molar-refractivity contribution < 1.29 is 14.3 Å². The molecule has 2 aromatic rings. The van der Waals surface area contributed by atoms with E-state index in [4.69, 9.17) is 9.47 Å². The van der Waals surface area contributed by atoms with Crippen LogP contribution in [0.25, 0.3) is 5.52 Å². The van der Waals surface area contributed by atoms with E-state index in [1.54, 1.807) is 6.33 Å². The zero-order valence-corrected chi connectivity index (χ0v) is 22.0. The lowest BCUT2D eigenvalue weighted by atomic mass is 10.0. The monoisotopic (exact) mass is 474 g/mol. The predicted octanol–water partition coefficient (Wildman–Crippen LogP) is 6.73. The third-order valence-corrected chi connectivity index (χ3v) is 6.46. The number of aromatic nitrogens is 3. The summed E-state index contributed by atoms with van der Waals surface area (Å²) in [5.74, 6) is 0.651. The maximum atomic E-state index is 12.4. The lowest BCUT2D eigenvalue weighted by molar-refractivity contribution is -0.152. The third kappa shape index (κ3) is 8.26. The summed E-state index contributed by atoms with van der Waals surface area (Å²) in [5, 5.41) is 7.46. The second-order valence-corrected chi connectivity index (χ2v) is 9.03. The molecule has 0 saturated carbocycles. The van der Waals surface area contributed by atoms with Crippen LogP contribution in [0, 0.1) is 5.92 Å². The standard InChI is InChI=1S/C25H40N4O3.C2H6/c1-4-5-6-7-8-9-10-11-12-19(2)25(30)31-17-20-13-16-23(32-20)21-14-15-22-24(26-3)27-18-28-29(21)22;1-2/h14-15,18-20,23H,4-13,16-17H2,1-3H3,(H,26,27,28);1-2H3. The van der Waals surface area contributed by atoms with Crippen LogP contribution in [-0.4, -0.2) is 40.3 Å². The van der Waals surface area contributed by atoms with Gasteiger partial charge in [-0.1, -0.05) is 79.1 Å². The third-order valence-electron chi connectivity index (χ3n) is 6.46. The molecule has 3 rings (SSSR count). The minimum atomic E-state index is -0.0977. The minimum absolute atomic E-state index is 0.0430. The molecule has 1 saturated heterocycles. The SMILES string of the molecule is CC.CCCCCCCCCCC(C)C(=O)OCC1CCC(c2ccc3c(NC)ncnn23)O1. The lowest BCUT2D eigenvalue weighted by Crippen LogP contribution is -2.22. The van der Waals surface area contributed by atoms with Crippen LogP contribution in [0.4, 0.5) is 5.82 Å². The highest BCUT2D eigenvalue weighted by Crippen LogP contribution is 2.34. The van der Waals surface area contributed by atoms with Crippen LogP contribution in [0.15, 0.2) is 18.5 Å². The molecule has 0 aliphatic carbocycles. The Labute approximate surface area is 206 Å². The van der Waals surface area contributed by atoms with Crippen LogP contribution in [-0.2, 0) is 14.3 Å². The quantitative estimate of drug-likeness (QED) is 0.242. The summed E-state index contributed by atoms with van der Waals surface area (Å²) in [6.07, 6.45) is 14.4. The maximum absolute atomic E-state index is 12.4. The van der Waals surface area contributed by atoms with Crippen molar-refractivity contribution in [2.75, 3.05) is 19.0 Å². The van der Waals surface area contributed by atoms with Crippen LogP contribution in [0.2, 0.25) is 0 Å². The van der Waals surface area contributed by atoms with Crippen molar-refractivity contribution in [1.82, 2.24) is 14.6 Å². The van der Waals surface area contributed by atoms with Gasteiger partial charge >= 0.3 is 5.97 Å². The fourth-order valence-electron chi connectivity index (χ4n) is 4.46. The first-order chi connectivity index (χ1) is 16.6. The topological polar surface area (TPSA) is 77.8 Å². The van der Waals surface area contributed by atoms with Crippen molar-refractivity contribution in [1.29, 1.82) is 0 Å². The number of rotatable bonds is 14. The molecule has 34 heavy (non-hydrogen) atoms. The Morgan fingerprint density at radius 3 is 2.56 bits per heavy atom. The van der Waals surface area contributed by atoms with Crippen LogP contribution in [0.3, 0.4) is 0 Å². The number of carbonyl (C=O) groups excluding carboxylic acids is 1. The average molecular weight is 475 g/mol. The minimum Gasteiger partial charge on any atom is -0.463 e. The fourth-order valence-corrected chi connectivity index (χ4v) is 4.46. The number of hydrogen-bond donors (Lipinski definition) is 1. The Bertz CT molecular complexity index is 838. The van der Waals surface area contributed by atoms with Gasteiger partial charge in [-0.05, 0) is 31.4 Å². The van der Waals surface area contributed by atoms with Gasteiger partial charge in [0, 0.05) is 7.05 Å². The van der Waals surface area contributed by atoms with Crippen molar-refractivity contribution in [2.24, 2.45) is 5.92 Å². The maximum Gasteiger partial charge on any atom is 0.308 e. The Morgan fingerprint density at radius 2 is 1.85 bits per heavy atom. The summed E-state index contributed by atoms with van der Waals surface area (Å²) in [6.45, 7) is 8.56. The molecular formula is C27H46N4O3. The molecule has 3 heterocycles. The largest absolute Gasteiger partial charge is 0.463 e. The van der Waals surface area contributed by atoms with Gasteiger partial charge in [-0.15, -0.1) is 0 Å². The molecule has 2 aromatic heterocycles. The first-order valence-electron chi connectivity index (χ1n) is 13.5. The van der Waals surface area contributed by atoms with Gasteiger partial charge in [-0.2, -0.15) is 5.10 Å². The van der Waals surface area contributed by atoms with Crippen LogP contribution in [0.5, 0.6) is 0 Å². The first-order valence-corrected chi connectivity index (χ1v) is 13.5. The van der Waals surface area contributed by atoms with Crippen molar-refractivity contribution >= 4 is 17.3 Å². The predicted molar refractivity (Wildman–Crippen MR) is 138 cm³/mol. The number of nitrogens with zero attached hydrogens (tertiary/aromatic N) is 3. The molecule has 192 valence electrons. The van der Waals surface area contributed by atoms with E-state index in [-0.39, 0.29) is 24.1 Å². The van der Waals surface area contributed by atoms with E-state index in [1.165, 1.54) is 44.9 Å². The molecule has 0 bridgehead atoms. The second-order valence-electron chi connectivity index (χ2n) is 9.03. The Hall–Kier alpha value is -2.15. The number of carbonyl (C=O) groups is 1. The molecule has 1 aliphatic heterocycles. The Kier molecular flexibility index (Phi) is 13.0. The van der Waals surface area contributed by atoms with Crippen molar-refractivity contribution in [2.45, 2.75) is 111 Å². The molecule has 0 aromatic carbocycles. The van der Waals surface area contributed by atoms with E-state index in [9.17, 15) is 4.79 Å². The van der Waals surface area contributed by atoms with E-state index in [0.717, 1.165) is 42.7 Å². The second kappa shape index (κ2) is 15.7. The Balaban J connectivity index is 0.00000199. The van der Waals surface area contributed by atoms with Gasteiger partial charge in [-0.3, -0.25) is 4.79 Å². The highest BCUT2D eigenvalue weighted by Gasteiger charge is 2.30. The number of anilines is 1. The normalized spacial score (nSPS) is 18.4. The smallest absolute Gasteiger partial charge is 0.308 e. The molecule has 0 spiro atoms. The molecule has 0 radical (unpaired) electrons. The molecular weight excluding hydrogens is 428 g/mol. The van der Waals surface area contributed by atoms with Crippen LogP contribution >= 0.6 is 0 Å². The van der Waals surface area contributed by atoms with E-state index < -0.39 is 0 Å². The number of hydrogen-bond acceptors (Lipinski definition) is 6. The van der Waals surface area contributed by atoms with E-state index in [2.05, 4.69) is 22.3 Å². The summed E-state index contributed by atoms with van der Waals surface area (Å²) in [7, 11) is 1.85. The van der Waals surface area contributed by atoms with Crippen molar-refractivity contribution in [3.05, 3.63) is 24.2 Å². The molecule has 3 atom stereocenters. The van der Waals surface area contributed by atoms with Gasteiger partial charge < -0.3 is 14.8 Å².